The van der Waals surface area contributed by atoms with Crippen molar-refractivity contribution in [2.75, 3.05) is 18.1 Å². The summed E-state index contributed by atoms with van der Waals surface area (Å²) in [6.07, 6.45) is 4.28. The minimum Gasteiger partial charge on any atom is -0.462 e. The van der Waals surface area contributed by atoms with E-state index in [2.05, 4.69) is 6.92 Å². The van der Waals surface area contributed by atoms with Crippen LogP contribution in [0, 0.1) is 0 Å². The number of benzene rings is 2. The van der Waals surface area contributed by atoms with Crippen molar-refractivity contribution < 1.29 is 14.3 Å². The summed E-state index contributed by atoms with van der Waals surface area (Å²) < 4.78 is 6.96. The Hall–Kier alpha value is -3.12. The van der Waals surface area contributed by atoms with Gasteiger partial charge in [-0.25, -0.2) is 4.79 Å². The van der Waals surface area contributed by atoms with Gasteiger partial charge in [-0.05, 0) is 55.8 Å². The zero-order valence-electron chi connectivity index (χ0n) is 19.0. The van der Waals surface area contributed by atoms with Crippen LogP contribution in [-0.4, -0.2) is 34.8 Å². The number of esters is 1. The molecule has 0 radical (unpaired) electrons. The first-order valence-corrected chi connectivity index (χ1v) is 11.8. The molecule has 0 fully saturated rings. The molecule has 0 spiro atoms. The van der Waals surface area contributed by atoms with Crippen LogP contribution >= 0.6 is 11.6 Å². The lowest BCUT2D eigenvalue weighted by Crippen LogP contribution is -2.43. The van der Waals surface area contributed by atoms with Crippen LogP contribution in [0.15, 0.2) is 54.6 Å². The third-order valence-corrected chi connectivity index (χ3v) is 6.16. The summed E-state index contributed by atoms with van der Waals surface area (Å²) in [6.45, 7) is 4.82. The molecular weight excluding hydrogens is 438 g/mol. The van der Waals surface area contributed by atoms with E-state index in [4.69, 9.17) is 21.4 Å². The number of amides is 1. The van der Waals surface area contributed by atoms with Crippen molar-refractivity contribution in [1.29, 1.82) is 0 Å². The molecule has 0 N–H and O–H groups in total. The minimum absolute atomic E-state index is 0.0787. The van der Waals surface area contributed by atoms with Crippen LogP contribution in [-0.2, 0) is 4.74 Å². The smallest absolute Gasteiger partial charge is 0.338 e. The molecule has 2 heterocycles. The molecule has 0 saturated carbocycles. The highest BCUT2D eigenvalue weighted by Crippen LogP contribution is 2.32. The Kier molecular flexibility index (Phi) is 7.14. The third-order valence-electron chi connectivity index (χ3n) is 5.91. The van der Waals surface area contributed by atoms with Crippen molar-refractivity contribution in [3.8, 4) is 11.3 Å². The Morgan fingerprint density at radius 3 is 2.48 bits per heavy atom. The van der Waals surface area contributed by atoms with Gasteiger partial charge in [-0.15, -0.1) is 0 Å². The summed E-state index contributed by atoms with van der Waals surface area (Å²) in [6, 6.07) is 16.4. The molecule has 0 saturated heterocycles. The monoisotopic (exact) mass is 465 g/mol. The van der Waals surface area contributed by atoms with E-state index in [0.29, 0.717) is 29.4 Å². The number of carbonyl (C=O) groups is 2. The van der Waals surface area contributed by atoms with Gasteiger partial charge in [-0.2, -0.15) is 5.10 Å². The number of carbonyl (C=O) groups excluding carboxylic acids is 2. The van der Waals surface area contributed by atoms with Crippen molar-refractivity contribution in [2.45, 2.75) is 45.6 Å². The lowest BCUT2D eigenvalue weighted by molar-refractivity contribution is 0.0526. The van der Waals surface area contributed by atoms with Gasteiger partial charge in [0.05, 0.1) is 23.9 Å². The minimum atomic E-state index is -0.364. The summed E-state index contributed by atoms with van der Waals surface area (Å²) in [5.74, 6) is -0.463. The van der Waals surface area contributed by atoms with E-state index in [9.17, 15) is 9.59 Å². The summed E-state index contributed by atoms with van der Waals surface area (Å²) in [4.78, 5) is 27.2. The van der Waals surface area contributed by atoms with Crippen LogP contribution in [0.4, 0.5) is 5.69 Å². The highest BCUT2D eigenvalue weighted by atomic mass is 35.5. The zero-order valence-corrected chi connectivity index (χ0v) is 19.7. The normalized spacial score (nSPS) is 15.4. The van der Waals surface area contributed by atoms with Gasteiger partial charge in [0.15, 0.2) is 0 Å². The van der Waals surface area contributed by atoms with Crippen LogP contribution in [0.5, 0.6) is 0 Å². The molecule has 7 heteroatoms. The van der Waals surface area contributed by atoms with Crippen molar-refractivity contribution >= 4 is 29.2 Å². The van der Waals surface area contributed by atoms with E-state index in [-0.39, 0.29) is 17.9 Å². The van der Waals surface area contributed by atoms with E-state index in [0.717, 1.165) is 42.6 Å². The molecule has 1 aliphatic heterocycles. The Labute approximate surface area is 199 Å². The molecule has 1 atom stereocenters. The van der Waals surface area contributed by atoms with Gasteiger partial charge >= 0.3 is 5.97 Å². The maximum absolute atomic E-state index is 13.5. The molecule has 3 aromatic rings. The molecule has 1 aromatic heterocycles. The molecule has 1 amide bonds. The second kappa shape index (κ2) is 10.2. The van der Waals surface area contributed by atoms with Gasteiger partial charge in [0.25, 0.3) is 5.91 Å². The van der Waals surface area contributed by atoms with Crippen molar-refractivity contribution in [2.24, 2.45) is 0 Å². The van der Waals surface area contributed by atoms with Crippen LogP contribution in [0.2, 0.25) is 5.02 Å². The number of rotatable bonds is 8. The van der Waals surface area contributed by atoms with E-state index in [1.165, 1.54) is 0 Å². The van der Waals surface area contributed by atoms with Gasteiger partial charge in [0.2, 0.25) is 0 Å². The van der Waals surface area contributed by atoms with Crippen molar-refractivity contribution in [3.05, 3.63) is 70.9 Å². The number of unbranched alkanes of at least 4 members (excludes halogenated alkanes) is 2. The molecule has 0 aliphatic carbocycles. The Morgan fingerprint density at radius 2 is 1.82 bits per heavy atom. The molecular formula is C26H28ClN3O3. The number of aromatic nitrogens is 2. The van der Waals surface area contributed by atoms with Crippen LogP contribution in [0.3, 0.4) is 0 Å². The maximum atomic E-state index is 13.5. The molecule has 2 aromatic carbocycles. The van der Waals surface area contributed by atoms with E-state index in [1.807, 2.05) is 35.0 Å². The van der Waals surface area contributed by atoms with Crippen LogP contribution in [0.1, 0.15) is 66.4 Å². The van der Waals surface area contributed by atoms with Crippen LogP contribution < -0.4 is 4.90 Å². The maximum Gasteiger partial charge on any atom is 0.338 e. The number of halogens is 1. The number of nitrogens with zero attached hydrogens (tertiary/aromatic N) is 3. The molecule has 1 unspecified atom stereocenters. The SMILES string of the molecule is CCCCCC1CN(c2ccc(C(=O)OCC)cc2)C(=O)c2cc(-c3ccc(Cl)cc3)nn21. The molecule has 6 nitrogen and oxygen atoms in total. The Bertz CT molecular complexity index is 1120. The quantitative estimate of drug-likeness (QED) is 0.295. The second-order valence-electron chi connectivity index (χ2n) is 8.20. The lowest BCUT2D eigenvalue weighted by Gasteiger charge is -2.33. The first-order valence-electron chi connectivity index (χ1n) is 11.5. The molecule has 33 heavy (non-hydrogen) atoms. The molecule has 172 valence electrons. The van der Waals surface area contributed by atoms with Gasteiger partial charge in [-0.1, -0.05) is 49.9 Å². The van der Waals surface area contributed by atoms with Gasteiger partial charge in [0.1, 0.15) is 5.69 Å². The van der Waals surface area contributed by atoms with Crippen LogP contribution in [0.25, 0.3) is 11.3 Å². The van der Waals surface area contributed by atoms with Crippen molar-refractivity contribution in [1.82, 2.24) is 9.78 Å². The predicted molar refractivity (Wildman–Crippen MR) is 130 cm³/mol. The van der Waals surface area contributed by atoms with E-state index in [1.54, 1.807) is 36.1 Å². The number of hydrogen-bond donors (Lipinski definition) is 0. The largest absolute Gasteiger partial charge is 0.462 e. The fourth-order valence-corrected chi connectivity index (χ4v) is 4.29. The summed E-state index contributed by atoms with van der Waals surface area (Å²) >= 11 is 6.04. The van der Waals surface area contributed by atoms with E-state index >= 15 is 0 Å². The predicted octanol–water partition coefficient (Wildman–Crippen LogP) is 6.16. The first kappa shape index (κ1) is 23.1. The number of fused-ring (bicyclic) bond motifs is 1. The van der Waals surface area contributed by atoms with E-state index < -0.39 is 0 Å². The zero-order chi connectivity index (χ0) is 23.4. The topological polar surface area (TPSA) is 64.4 Å². The molecule has 4 rings (SSSR count). The summed E-state index contributed by atoms with van der Waals surface area (Å²) in [5, 5.41) is 5.47. The Balaban J connectivity index is 1.66. The molecule has 1 aliphatic rings. The number of ether oxygens (including phenoxy) is 1. The van der Waals surface area contributed by atoms with Gasteiger partial charge in [-0.3, -0.25) is 9.48 Å². The van der Waals surface area contributed by atoms with Gasteiger partial charge in [0, 0.05) is 22.8 Å². The number of hydrogen-bond acceptors (Lipinski definition) is 4. The molecule has 0 bridgehead atoms. The second-order valence-corrected chi connectivity index (χ2v) is 8.64. The summed E-state index contributed by atoms with van der Waals surface area (Å²) in [7, 11) is 0. The highest BCUT2D eigenvalue weighted by molar-refractivity contribution is 6.30. The standard InChI is InChI=1S/C26H28ClN3O3/c1-3-5-6-7-22-17-29(21-14-10-19(11-15-21)26(32)33-4-2)25(31)24-16-23(28-30(22)24)18-8-12-20(27)13-9-18/h8-16,22H,3-7,17H2,1-2H3. The average molecular weight is 466 g/mol. The highest BCUT2D eigenvalue weighted by Gasteiger charge is 2.33. The van der Waals surface area contributed by atoms with Crippen molar-refractivity contribution in [3.63, 3.8) is 0 Å². The fraction of sp³-hybridized carbons (Fsp3) is 0.346. The number of anilines is 1. The lowest BCUT2D eigenvalue weighted by atomic mass is 10.0. The first-order chi connectivity index (χ1) is 16.0. The third kappa shape index (κ3) is 4.96. The Morgan fingerprint density at radius 1 is 1.09 bits per heavy atom. The van der Waals surface area contributed by atoms with Gasteiger partial charge < -0.3 is 9.64 Å². The fourth-order valence-electron chi connectivity index (χ4n) is 4.16. The average Bonchev–Trinajstić information content (AvgIpc) is 3.28. The summed E-state index contributed by atoms with van der Waals surface area (Å²) in [5.41, 5.74) is 3.48.